The molecule has 0 saturated heterocycles. The summed E-state index contributed by atoms with van der Waals surface area (Å²) < 4.78 is 38.1. The maximum absolute atomic E-state index is 12.6. The second-order valence-electron chi connectivity index (χ2n) is 3.74. The molecule has 0 atom stereocenters. The van der Waals surface area contributed by atoms with Crippen LogP contribution in [0.5, 0.6) is 0 Å². The van der Waals surface area contributed by atoms with Crippen LogP contribution in [0.15, 0.2) is 41.3 Å². The molecular weight excluding hydrogens is 339 g/mol. The molecule has 2 rings (SSSR count). The zero-order valence-electron chi connectivity index (χ0n) is 9.78. The second kappa shape index (κ2) is 5.58. The molecule has 1 N–H and O–H groups in total. The summed E-state index contributed by atoms with van der Waals surface area (Å²) >= 11 is 3.05. The molecule has 0 aliphatic heterocycles. The molecule has 0 radical (unpaired) electrons. The summed E-state index contributed by atoms with van der Waals surface area (Å²) in [5.74, 6) is -0.551. The minimum atomic E-state index is -4.51. The molecule has 0 aliphatic carbocycles. The van der Waals surface area contributed by atoms with Gasteiger partial charge in [0.25, 0.3) is 5.91 Å². The highest BCUT2D eigenvalue weighted by Gasteiger charge is 2.31. The van der Waals surface area contributed by atoms with Crippen LogP contribution in [0.4, 0.5) is 19.0 Å². The Morgan fingerprint density at radius 2 is 2.00 bits per heavy atom. The van der Waals surface area contributed by atoms with Crippen LogP contribution in [-0.2, 0) is 6.18 Å². The van der Waals surface area contributed by atoms with E-state index in [1.165, 1.54) is 24.7 Å². The SMILES string of the molecule is O=C(Nc1cnccn1)c1cc(C(F)(F)F)ccc1Br. The molecule has 0 aliphatic rings. The fraction of sp³-hybridized carbons (Fsp3) is 0.0833. The van der Waals surface area contributed by atoms with E-state index in [0.29, 0.717) is 0 Å². The van der Waals surface area contributed by atoms with Gasteiger partial charge in [-0.15, -0.1) is 0 Å². The number of carbonyl (C=O) groups excluding carboxylic acids is 1. The van der Waals surface area contributed by atoms with Crippen LogP contribution >= 0.6 is 15.9 Å². The second-order valence-corrected chi connectivity index (χ2v) is 4.59. The van der Waals surface area contributed by atoms with Crippen molar-refractivity contribution in [2.45, 2.75) is 6.18 Å². The zero-order valence-corrected chi connectivity index (χ0v) is 11.4. The Kier molecular flexibility index (Phi) is 4.03. The molecule has 1 aromatic heterocycles. The molecule has 4 nitrogen and oxygen atoms in total. The molecule has 0 bridgehead atoms. The summed E-state index contributed by atoms with van der Waals surface area (Å²) in [6, 6.07) is 2.84. The Morgan fingerprint density at radius 3 is 2.60 bits per heavy atom. The van der Waals surface area contributed by atoms with Crippen LogP contribution in [0, 0.1) is 0 Å². The molecule has 8 heteroatoms. The summed E-state index contributed by atoms with van der Waals surface area (Å²) in [6.07, 6.45) is -0.450. The molecule has 0 spiro atoms. The van der Waals surface area contributed by atoms with Gasteiger partial charge in [0.05, 0.1) is 17.3 Å². The highest BCUT2D eigenvalue weighted by Crippen LogP contribution is 2.32. The number of alkyl halides is 3. The average molecular weight is 346 g/mol. The van der Waals surface area contributed by atoms with Crippen molar-refractivity contribution in [1.29, 1.82) is 0 Å². The lowest BCUT2D eigenvalue weighted by Crippen LogP contribution is -2.15. The number of nitrogens with zero attached hydrogens (tertiary/aromatic N) is 2. The first-order chi connectivity index (χ1) is 9.38. The molecule has 1 amide bonds. The number of aromatic nitrogens is 2. The Bertz CT molecular complexity index is 632. The molecule has 104 valence electrons. The smallest absolute Gasteiger partial charge is 0.305 e. The van der Waals surface area contributed by atoms with Crippen molar-refractivity contribution in [2.75, 3.05) is 5.32 Å². The van der Waals surface area contributed by atoms with Crippen molar-refractivity contribution in [3.05, 3.63) is 52.4 Å². The normalized spacial score (nSPS) is 11.2. The molecular formula is C12H7BrF3N3O. The largest absolute Gasteiger partial charge is 0.416 e. The van der Waals surface area contributed by atoms with Crippen molar-refractivity contribution in [1.82, 2.24) is 9.97 Å². The molecule has 0 saturated carbocycles. The summed E-state index contributed by atoms with van der Waals surface area (Å²) in [5, 5.41) is 2.37. The van der Waals surface area contributed by atoms with E-state index in [0.717, 1.165) is 12.1 Å². The van der Waals surface area contributed by atoms with E-state index in [4.69, 9.17) is 0 Å². The van der Waals surface area contributed by atoms with Crippen molar-refractivity contribution in [3.63, 3.8) is 0 Å². The van der Waals surface area contributed by atoms with E-state index in [2.05, 4.69) is 31.2 Å². The Balaban J connectivity index is 2.30. The number of rotatable bonds is 2. The number of benzene rings is 1. The van der Waals surface area contributed by atoms with Crippen LogP contribution in [0.3, 0.4) is 0 Å². The highest BCUT2D eigenvalue weighted by atomic mass is 79.9. The van der Waals surface area contributed by atoms with Gasteiger partial charge in [0.15, 0.2) is 5.82 Å². The number of anilines is 1. The summed E-state index contributed by atoms with van der Waals surface area (Å²) in [6.45, 7) is 0. The van der Waals surface area contributed by atoms with Gasteiger partial charge in [-0.2, -0.15) is 13.2 Å². The molecule has 0 fully saturated rings. The number of halogens is 4. The lowest BCUT2D eigenvalue weighted by Gasteiger charge is -2.10. The lowest BCUT2D eigenvalue weighted by atomic mass is 10.1. The van der Waals surface area contributed by atoms with Gasteiger partial charge in [-0.25, -0.2) is 4.98 Å². The van der Waals surface area contributed by atoms with Gasteiger partial charge >= 0.3 is 6.18 Å². The third-order valence-corrected chi connectivity index (χ3v) is 3.03. The zero-order chi connectivity index (χ0) is 14.8. The highest BCUT2D eigenvalue weighted by molar-refractivity contribution is 9.10. The van der Waals surface area contributed by atoms with Crippen LogP contribution in [-0.4, -0.2) is 15.9 Å². The topological polar surface area (TPSA) is 54.9 Å². The van der Waals surface area contributed by atoms with Gasteiger partial charge in [0, 0.05) is 16.9 Å². The van der Waals surface area contributed by atoms with Gasteiger partial charge in [-0.1, -0.05) is 0 Å². The Hall–Kier alpha value is -1.96. The molecule has 2 aromatic rings. The van der Waals surface area contributed by atoms with Crippen LogP contribution in [0.25, 0.3) is 0 Å². The van der Waals surface area contributed by atoms with Crippen LogP contribution in [0.2, 0.25) is 0 Å². The van der Waals surface area contributed by atoms with E-state index >= 15 is 0 Å². The van der Waals surface area contributed by atoms with Gasteiger partial charge in [-0.05, 0) is 34.1 Å². The van der Waals surface area contributed by atoms with Gasteiger partial charge < -0.3 is 5.32 Å². The molecule has 1 heterocycles. The van der Waals surface area contributed by atoms with Crippen molar-refractivity contribution >= 4 is 27.7 Å². The minimum Gasteiger partial charge on any atom is -0.305 e. The summed E-state index contributed by atoms with van der Waals surface area (Å²) in [4.78, 5) is 19.5. The monoisotopic (exact) mass is 345 g/mol. The predicted octanol–water partition coefficient (Wildman–Crippen LogP) is 3.51. The lowest BCUT2D eigenvalue weighted by molar-refractivity contribution is -0.137. The molecule has 20 heavy (non-hydrogen) atoms. The average Bonchev–Trinajstić information content (AvgIpc) is 2.39. The number of hydrogen-bond donors (Lipinski definition) is 1. The molecule has 0 unspecified atom stereocenters. The first-order valence-electron chi connectivity index (χ1n) is 5.32. The summed E-state index contributed by atoms with van der Waals surface area (Å²) in [7, 11) is 0. The standard InChI is InChI=1S/C12H7BrF3N3O/c13-9-2-1-7(12(14,15)16)5-8(9)11(20)19-10-6-17-3-4-18-10/h1-6H,(H,18,19,20). The van der Waals surface area contributed by atoms with E-state index in [-0.39, 0.29) is 15.9 Å². The van der Waals surface area contributed by atoms with E-state index in [1.807, 2.05) is 0 Å². The molecule has 1 aromatic carbocycles. The van der Waals surface area contributed by atoms with Gasteiger partial charge in [0.2, 0.25) is 0 Å². The summed E-state index contributed by atoms with van der Waals surface area (Å²) in [5.41, 5.74) is -1.03. The number of carbonyl (C=O) groups is 1. The third-order valence-electron chi connectivity index (χ3n) is 2.34. The van der Waals surface area contributed by atoms with Gasteiger partial charge in [-0.3, -0.25) is 9.78 Å². The van der Waals surface area contributed by atoms with E-state index in [9.17, 15) is 18.0 Å². The van der Waals surface area contributed by atoms with Crippen molar-refractivity contribution in [2.24, 2.45) is 0 Å². The minimum absolute atomic E-state index is 0.134. The Labute approximate surface area is 120 Å². The Morgan fingerprint density at radius 1 is 1.25 bits per heavy atom. The van der Waals surface area contributed by atoms with Crippen molar-refractivity contribution < 1.29 is 18.0 Å². The first-order valence-corrected chi connectivity index (χ1v) is 6.11. The maximum Gasteiger partial charge on any atom is 0.416 e. The number of nitrogens with one attached hydrogen (secondary N) is 1. The van der Waals surface area contributed by atoms with Gasteiger partial charge in [0.1, 0.15) is 0 Å². The predicted molar refractivity (Wildman–Crippen MR) is 69.1 cm³/mol. The quantitative estimate of drug-likeness (QED) is 0.906. The fourth-order valence-corrected chi connectivity index (χ4v) is 1.85. The third kappa shape index (κ3) is 3.32. The van der Waals surface area contributed by atoms with E-state index < -0.39 is 17.6 Å². The van der Waals surface area contributed by atoms with E-state index in [1.54, 1.807) is 0 Å². The van der Waals surface area contributed by atoms with Crippen LogP contribution < -0.4 is 5.32 Å². The van der Waals surface area contributed by atoms with Crippen LogP contribution in [0.1, 0.15) is 15.9 Å². The fourth-order valence-electron chi connectivity index (χ4n) is 1.42. The van der Waals surface area contributed by atoms with Crippen molar-refractivity contribution in [3.8, 4) is 0 Å². The number of amides is 1. The maximum atomic E-state index is 12.6. The first kappa shape index (κ1) is 14.4. The number of hydrogen-bond acceptors (Lipinski definition) is 3.